The molecule has 0 atom stereocenters. The van der Waals surface area contributed by atoms with Crippen LogP contribution in [0.4, 0.5) is 0 Å². The lowest BCUT2D eigenvalue weighted by Crippen LogP contribution is -2.27. The molecule has 1 heterocycles. The highest BCUT2D eigenvalue weighted by molar-refractivity contribution is 5.87. The van der Waals surface area contributed by atoms with Crippen LogP contribution in [-0.4, -0.2) is 18.8 Å². The van der Waals surface area contributed by atoms with Gasteiger partial charge in [-0.1, -0.05) is 65.8 Å². The van der Waals surface area contributed by atoms with Crippen molar-refractivity contribution in [1.29, 1.82) is 0 Å². The number of rotatable bonds is 7. The minimum Gasteiger partial charge on any atom is -0.468 e. The van der Waals surface area contributed by atoms with E-state index in [1.54, 1.807) is 0 Å². The Morgan fingerprint density at radius 2 is 1.65 bits per heavy atom. The molecule has 4 nitrogen and oxygen atoms in total. The maximum Gasteiger partial charge on any atom is 0.293 e. The van der Waals surface area contributed by atoms with Gasteiger partial charge in [-0.15, -0.1) is 0 Å². The lowest BCUT2D eigenvalue weighted by atomic mass is 9.82. The summed E-state index contributed by atoms with van der Waals surface area (Å²) in [5.41, 5.74) is 2.61. The number of carbonyl (C=O) groups is 1. The summed E-state index contributed by atoms with van der Waals surface area (Å²) >= 11 is 0. The van der Waals surface area contributed by atoms with Gasteiger partial charge in [-0.05, 0) is 12.8 Å². The highest BCUT2D eigenvalue weighted by atomic mass is 16.7. The lowest BCUT2D eigenvalue weighted by molar-refractivity contribution is -0.128. The van der Waals surface area contributed by atoms with Crippen molar-refractivity contribution in [1.82, 2.24) is 0 Å². The Morgan fingerprint density at radius 3 is 2.22 bits per heavy atom. The standard InChI is InChI=1S/C19H19NO3/c21-15-22-13-7-12-18-14-19(23-20-18,16-8-3-1-4-9-16)17-10-5-2-6-11-17/h1-6,8-11,15H,7,12-14H2. The molecule has 0 spiro atoms. The molecule has 3 rings (SSSR count). The van der Waals surface area contributed by atoms with E-state index in [-0.39, 0.29) is 0 Å². The zero-order valence-electron chi connectivity index (χ0n) is 12.9. The first kappa shape index (κ1) is 15.3. The lowest BCUT2D eigenvalue weighted by Gasteiger charge is -2.27. The zero-order valence-corrected chi connectivity index (χ0v) is 12.9. The first-order valence-corrected chi connectivity index (χ1v) is 7.75. The Hall–Kier alpha value is -2.62. The smallest absolute Gasteiger partial charge is 0.293 e. The summed E-state index contributed by atoms with van der Waals surface area (Å²) in [7, 11) is 0. The zero-order chi connectivity index (χ0) is 16.0. The molecule has 2 aromatic rings. The van der Waals surface area contributed by atoms with Gasteiger partial charge in [-0.2, -0.15) is 0 Å². The molecule has 0 bridgehead atoms. The molecule has 0 fully saturated rings. The molecule has 0 unspecified atom stereocenters. The summed E-state index contributed by atoms with van der Waals surface area (Å²) in [6.45, 7) is 0.886. The van der Waals surface area contributed by atoms with Crippen molar-refractivity contribution in [2.24, 2.45) is 5.16 Å². The van der Waals surface area contributed by atoms with Crippen molar-refractivity contribution in [3.8, 4) is 0 Å². The Balaban J connectivity index is 1.82. The third-order valence-corrected chi connectivity index (χ3v) is 4.06. The topological polar surface area (TPSA) is 47.9 Å². The summed E-state index contributed by atoms with van der Waals surface area (Å²) in [5.74, 6) is 0. The van der Waals surface area contributed by atoms with Gasteiger partial charge >= 0.3 is 0 Å². The van der Waals surface area contributed by atoms with E-state index in [1.165, 1.54) is 0 Å². The van der Waals surface area contributed by atoms with Crippen LogP contribution in [-0.2, 0) is 20.0 Å². The number of nitrogens with zero attached hydrogens (tertiary/aromatic N) is 1. The Bertz CT molecular complexity index is 628. The largest absolute Gasteiger partial charge is 0.468 e. The highest BCUT2D eigenvalue weighted by Gasteiger charge is 2.42. The van der Waals surface area contributed by atoms with Gasteiger partial charge in [0.1, 0.15) is 0 Å². The van der Waals surface area contributed by atoms with Gasteiger partial charge in [0.25, 0.3) is 6.47 Å². The molecule has 0 saturated heterocycles. The van der Waals surface area contributed by atoms with Gasteiger partial charge in [0.2, 0.25) is 0 Å². The second-order valence-corrected chi connectivity index (χ2v) is 5.56. The van der Waals surface area contributed by atoms with Crippen LogP contribution < -0.4 is 0 Å². The average molecular weight is 309 g/mol. The molecule has 4 heteroatoms. The van der Waals surface area contributed by atoms with Crippen molar-refractivity contribution in [2.75, 3.05) is 6.61 Å². The molecule has 1 aliphatic rings. The monoisotopic (exact) mass is 309 g/mol. The molecule has 23 heavy (non-hydrogen) atoms. The quantitative estimate of drug-likeness (QED) is 0.579. The van der Waals surface area contributed by atoms with E-state index in [4.69, 9.17) is 9.57 Å². The summed E-state index contributed by atoms with van der Waals surface area (Å²) in [5, 5.41) is 4.31. The van der Waals surface area contributed by atoms with E-state index in [2.05, 4.69) is 29.4 Å². The predicted molar refractivity (Wildman–Crippen MR) is 88.1 cm³/mol. The fraction of sp³-hybridized carbons (Fsp3) is 0.263. The van der Waals surface area contributed by atoms with Gasteiger partial charge in [0.05, 0.1) is 12.3 Å². The number of hydrogen-bond donors (Lipinski definition) is 0. The molecular formula is C19H19NO3. The van der Waals surface area contributed by atoms with E-state index in [0.29, 0.717) is 19.5 Å². The number of ether oxygens (including phenoxy) is 1. The number of hydrogen-bond acceptors (Lipinski definition) is 4. The van der Waals surface area contributed by atoms with Crippen molar-refractivity contribution >= 4 is 12.2 Å². The fourth-order valence-electron chi connectivity index (χ4n) is 2.93. The summed E-state index contributed by atoms with van der Waals surface area (Å²) in [6, 6.07) is 20.3. The molecule has 0 N–H and O–H groups in total. The third-order valence-electron chi connectivity index (χ3n) is 4.06. The van der Waals surface area contributed by atoms with E-state index >= 15 is 0 Å². The van der Waals surface area contributed by atoms with Crippen LogP contribution in [0.15, 0.2) is 65.8 Å². The molecule has 0 aliphatic carbocycles. The molecule has 0 saturated carbocycles. The second kappa shape index (κ2) is 7.09. The maximum absolute atomic E-state index is 10.2. The van der Waals surface area contributed by atoms with Gasteiger partial charge in [-0.3, -0.25) is 4.79 Å². The van der Waals surface area contributed by atoms with Crippen LogP contribution in [0.2, 0.25) is 0 Å². The Kier molecular flexibility index (Phi) is 4.71. The van der Waals surface area contributed by atoms with Crippen molar-refractivity contribution in [2.45, 2.75) is 24.9 Å². The molecule has 0 amide bonds. The summed E-state index contributed by atoms with van der Waals surface area (Å²) in [4.78, 5) is 16.2. The first-order valence-electron chi connectivity index (χ1n) is 7.75. The highest BCUT2D eigenvalue weighted by Crippen LogP contribution is 2.41. The Labute approximate surface area is 135 Å². The van der Waals surface area contributed by atoms with Crippen molar-refractivity contribution < 1.29 is 14.4 Å². The fourth-order valence-corrected chi connectivity index (χ4v) is 2.93. The minimum atomic E-state index is -0.566. The van der Waals surface area contributed by atoms with Gasteiger partial charge < -0.3 is 9.57 Å². The third kappa shape index (κ3) is 3.26. The number of benzene rings is 2. The van der Waals surface area contributed by atoms with Crippen molar-refractivity contribution in [3.63, 3.8) is 0 Å². The Morgan fingerprint density at radius 1 is 1.04 bits per heavy atom. The molecular weight excluding hydrogens is 290 g/mol. The molecule has 0 aromatic heterocycles. The van der Waals surface area contributed by atoms with Gasteiger partial charge in [0.15, 0.2) is 5.60 Å². The van der Waals surface area contributed by atoms with Crippen LogP contribution in [0.1, 0.15) is 30.4 Å². The minimum absolute atomic E-state index is 0.409. The summed E-state index contributed by atoms with van der Waals surface area (Å²) < 4.78 is 4.74. The van der Waals surface area contributed by atoms with Crippen LogP contribution in [0.5, 0.6) is 0 Å². The average Bonchev–Trinajstić information content (AvgIpc) is 3.06. The van der Waals surface area contributed by atoms with Crippen LogP contribution in [0.25, 0.3) is 0 Å². The first-order chi connectivity index (χ1) is 11.3. The molecule has 2 aromatic carbocycles. The normalized spacial score (nSPS) is 15.6. The SMILES string of the molecule is O=COCCCC1=NOC(c2ccccc2)(c2ccccc2)C1. The van der Waals surface area contributed by atoms with Gasteiger partial charge in [-0.25, -0.2) is 0 Å². The van der Waals surface area contributed by atoms with E-state index < -0.39 is 5.60 Å². The molecule has 0 radical (unpaired) electrons. The maximum atomic E-state index is 10.2. The van der Waals surface area contributed by atoms with Crippen LogP contribution in [0.3, 0.4) is 0 Å². The molecule has 118 valence electrons. The van der Waals surface area contributed by atoms with Crippen LogP contribution in [0, 0.1) is 0 Å². The second-order valence-electron chi connectivity index (χ2n) is 5.56. The van der Waals surface area contributed by atoms with Crippen molar-refractivity contribution in [3.05, 3.63) is 71.8 Å². The van der Waals surface area contributed by atoms with Gasteiger partial charge in [0, 0.05) is 17.5 Å². The van der Waals surface area contributed by atoms with E-state index in [1.807, 2.05) is 36.4 Å². The van der Waals surface area contributed by atoms with E-state index in [0.717, 1.165) is 29.7 Å². The predicted octanol–water partition coefficient (Wildman–Crippen LogP) is 3.66. The summed E-state index contributed by atoms with van der Waals surface area (Å²) in [6.07, 6.45) is 2.22. The number of carbonyl (C=O) groups excluding carboxylic acids is 1. The van der Waals surface area contributed by atoms with E-state index in [9.17, 15) is 4.79 Å². The molecule has 1 aliphatic heterocycles. The van der Waals surface area contributed by atoms with Crippen LogP contribution >= 0.6 is 0 Å². The number of oxime groups is 1.